The maximum Gasteiger partial charge on any atom is 0.0668 e. The predicted molar refractivity (Wildman–Crippen MR) is 73.0 cm³/mol. The Kier molecular flexibility index (Phi) is 3.42. The van der Waals surface area contributed by atoms with Crippen molar-refractivity contribution >= 4 is 35.4 Å². The number of fused-ring (bicyclic) bond motifs is 1. The third-order valence-electron chi connectivity index (χ3n) is 2.70. The van der Waals surface area contributed by atoms with Crippen LogP contribution in [0, 0.1) is 0 Å². The molecule has 0 N–H and O–H groups in total. The van der Waals surface area contributed by atoms with Crippen LogP contribution in [0.4, 0.5) is 5.69 Å². The Hall–Kier alpha value is -0.410. The van der Waals surface area contributed by atoms with E-state index in [0.717, 1.165) is 17.2 Å². The van der Waals surface area contributed by atoms with Gasteiger partial charge in [-0.05, 0) is 24.1 Å². The normalized spacial score (nSPS) is 16.7. The van der Waals surface area contributed by atoms with Crippen LogP contribution in [0.1, 0.15) is 5.56 Å². The molecular weight excluding hydrogens is 222 g/mol. The smallest absolute Gasteiger partial charge is 0.0668 e. The molecule has 0 radical (unpaired) electrons. The summed E-state index contributed by atoms with van der Waals surface area (Å²) in [5.74, 6) is 2.24. The zero-order valence-electron chi connectivity index (χ0n) is 9.06. The molecule has 1 nitrogen and oxygen atoms in total. The van der Waals surface area contributed by atoms with E-state index in [1.54, 1.807) is 0 Å². The van der Waals surface area contributed by atoms with E-state index < -0.39 is 0 Å². The maximum atomic E-state index is 4.54. The van der Waals surface area contributed by atoms with Crippen LogP contribution in [0.3, 0.4) is 0 Å². The van der Waals surface area contributed by atoms with Crippen molar-refractivity contribution in [2.45, 2.75) is 5.41 Å². The van der Waals surface area contributed by atoms with Crippen molar-refractivity contribution in [3.05, 3.63) is 29.8 Å². The van der Waals surface area contributed by atoms with E-state index in [4.69, 9.17) is 0 Å². The van der Waals surface area contributed by atoms with Gasteiger partial charge in [-0.25, -0.2) is 0 Å². The average molecular weight is 237 g/mol. The molecule has 0 aromatic heterocycles. The fourth-order valence-corrected chi connectivity index (χ4v) is 3.88. The highest BCUT2D eigenvalue weighted by Crippen LogP contribution is 2.40. The van der Waals surface area contributed by atoms with Gasteiger partial charge < -0.3 is 0 Å². The van der Waals surface area contributed by atoms with Gasteiger partial charge in [-0.1, -0.05) is 18.2 Å². The maximum absolute atomic E-state index is 4.54. The number of thioether (sulfide) groups is 2. The first kappa shape index (κ1) is 11.1. The van der Waals surface area contributed by atoms with Crippen LogP contribution in [0.5, 0.6) is 0 Å². The van der Waals surface area contributed by atoms with Gasteiger partial charge in [0, 0.05) is 17.7 Å². The average Bonchev–Trinajstić information content (AvgIpc) is 2.60. The Balaban J connectivity index is 2.39. The van der Waals surface area contributed by atoms with Gasteiger partial charge in [0.1, 0.15) is 0 Å². The summed E-state index contributed by atoms with van der Waals surface area (Å²) in [5, 5.41) is 0. The largest absolute Gasteiger partial charge is 0.260 e. The van der Waals surface area contributed by atoms with Gasteiger partial charge in [0.25, 0.3) is 0 Å². The van der Waals surface area contributed by atoms with Crippen molar-refractivity contribution in [2.75, 3.05) is 24.0 Å². The number of aliphatic imine (C=N–C) groups is 1. The number of para-hydroxylation sites is 1. The Morgan fingerprint density at radius 2 is 1.80 bits per heavy atom. The molecule has 3 heteroatoms. The fourth-order valence-electron chi connectivity index (χ4n) is 2.06. The molecule has 0 saturated heterocycles. The summed E-state index contributed by atoms with van der Waals surface area (Å²) in [6.07, 6.45) is 6.47. The van der Waals surface area contributed by atoms with Gasteiger partial charge >= 0.3 is 0 Å². The lowest BCUT2D eigenvalue weighted by Gasteiger charge is -2.25. The molecule has 1 heterocycles. The third-order valence-corrected chi connectivity index (χ3v) is 4.30. The van der Waals surface area contributed by atoms with Crippen LogP contribution in [-0.2, 0) is 5.41 Å². The Morgan fingerprint density at radius 1 is 1.13 bits per heavy atom. The second kappa shape index (κ2) is 4.62. The Bertz CT molecular complexity index is 368. The Morgan fingerprint density at radius 3 is 2.47 bits per heavy atom. The first-order valence-corrected chi connectivity index (χ1v) is 7.74. The molecule has 2 rings (SSSR count). The fraction of sp³-hybridized carbons (Fsp3) is 0.417. The zero-order chi connectivity index (χ0) is 10.7. The number of rotatable bonds is 4. The zero-order valence-corrected chi connectivity index (χ0v) is 10.7. The van der Waals surface area contributed by atoms with Gasteiger partial charge in [0.2, 0.25) is 0 Å². The van der Waals surface area contributed by atoms with E-state index in [1.165, 1.54) is 5.56 Å². The molecule has 0 unspecified atom stereocenters. The summed E-state index contributed by atoms with van der Waals surface area (Å²) in [5.41, 5.74) is 2.71. The molecule has 1 aliphatic heterocycles. The van der Waals surface area contributed by atoms with Gasteiger partial charge in [0.15, 0.2) is 0 Å². The first-order chi connectivity index (χ1) is 7.32. The molecule has 0 amide bonds. The van der Waals surface area contributed by atoms with Crippen molar-refractivity contribution < 1.29 is 0 Å². The minimum absolute atomic E-state index is 0.162. The lowest BCUT2D eigenvalue weighted by Crippen LogP contribution is -2.31. The first-order valence-electron chi connectivity index (χ1n) is 4.95. The van der Waals surface area contributed by atoms with Crippen LogP contribution in [0.25, 0.3) is 0 Å². The second-order valence-corrected chi connectivity index (χ2v) is 5.53. The number of hydrogen-bond acceptors (Lipinski definition) is 3. The molecular formula is C12H15NS2. The monoisotopic (exact) mass is 237 g/mol. The van der Waals surface area contributed by atoms with Crippen LogP contribution in [0.2, 0.25) is 0 Å². The van der Waals surface area contributed by atoms with E-state index in [-0.39, 0.29) is 5.41 Å². The third kappa shape index (κ3) is 1.95. The van der Waals surface area contributed by atoms with Crippen molar-refractivity contribution in [3.8, 4) is 0 Å². The van der Waals surface area contributed by atoms with Crippen LogP contribution >= 0.6 is 23.5 Å². The summed E-state index contributed by atoms with van der Waals surface area (Å²) in [6.45, 7) is 0. The van der Waals surface area contributed by atoms with Gasteiger partial charge in [0.05, 0.1) is 11.1 Å². The summed E-state index contributed by atoms with van der Waals surface area (Å²) >= 11 is 3.79. The van der Waals surface area contributed by atoms with Gasteiger partial charge in [-0.2, -0.15) is 23.5 Å². The number of hydrogen-bond donors (Lipinski definition) is 0. The summed E-state index contributed by atoms with van der Waals surface area (Å²) < 4.78 is 0. The highest BCUT2D eigenvalue weighted by atomic mass is 32.2. The molecule has 0 atom stereocenters. The van der Waals surface area contributed by atoms with Crippen LogP contribution in [-0.4, -0.2) is 30.2 Å². The van der Waals surface area contributed by atoms with Crippen molar-refractivity contribution in [2.24, 2.45) is 4.99 Å². The molecule has 80 valence electrons. The van der Waals surface area contributed by atoms with E-state index in [0.29, 0.717) is 0 Å². The van der Waals surface area contributed by atoms with Crippen molar-refractivity contribution in [1.29, 1.82) is 0 Å². The van der Waals surface area contributed by atoms with Crippen LogP contribution < -0.4 is 0 Å². The summed E-state index contributed by atoms with van der Waals surface area (Å²) in [7, 11) is 0. The number of benzene rings is 1. The number of nitrogens with zero attached hydrogens (tertiary/aromatic N) is 1. The van der Waals surface area contributed by atoms with Gasteiger partial charge in [-0.15, -0.1) is 0 Å². The standard InChI is InChI=1S/C12H15NS2/c1-14-8-12(9-15-2)7-13-11-6-4-3-5-10(11)12/h3-7H,8-9H2,1-2H3. The minimum atomic E-state index is 0.162. The van der Waals surface area contributed by atoms with Crippen molar-refractivity contribution in [3.63, 3.8) is 0 Å². The Labute approximate surface area is 99.8 Å². The van der Waals surface area contributed by atoms with Crippen LogP contribution in [0.15, 0.2) is 29.3 Å². The topological polar surface area (TPSA) is 12.4 Å². The lowest BCUT2D eigenvalue weighted by atomic mass is 9.86. The molecule has 0 fully saturated rings. The predicted octanol–water partition coefficient (Wildman–Crippen LogP) is 3.37. The molecule has 1 aliphatic rings. The summed E-state index contributed by atoms with van der Waals surface area (Å²) in [6, 6.07) is 8.50. The molecule has 1 aromatic rings. The molecule has 0 bridgehead atoms. The lowest BCUT2D eigenvalue weighted by molar-refractivity contribution is 0.783. The van der Waals surface area contributed by atoms with E-state index in [2.05, 4.69) is 48.0 Å². The molecule has 0 spiro atoms. The van der Waals surface area contributed by atoms with E-state index >= 15 is 0 Å². The molecule has 0 saturated carbocycles. The summed E-state index contributed by atoms with van der Waals surface area (Å²) in [4.78, 5) is 4.54. The van der Waals surface area contributed by atoms with E-state index in [1.807, 2.05) is 23.5 Å². The quantitative estimate of drug-likeness (QED) is 0.796. The molecule has 0 aliphatic carbocycles. The molecule has 1 aromatic carbocycles. The SMILES string of the molecule is CSCC1(CSC)C=Nc2ccccc21. The van der Waals surface area contributed by atoms with E-state index in [9.17, 15) is 0 Å². The second-order valence-electron chi connectivity index (χ2n) is 3.80. The molecule has 15 heavy (non-hydrogen) atoms. The van der Waals surface area contributed by atoms with Gasteiger partial charge in [-0.3, -0.25) is 4.99 Å². The highest BCUT2D eigenvalue weighted by molar-refractivity contribution is 7.99. The highest BCUT2D eigenvalue weighted by Gasteiger charge is 2.35. The van der Waals surface area contributed by atoms with Crippen molar-refractivity contribution in [1.82, 2.24) is 0 Å². The minimum Gasteiger partial charge on any atom is -0.260 e.